The molecule has 0 spiro atoms. The molecule has 0 aliphatic carbocycles. The van der Waals surface area contributed by atoms with Gasteiger partial charge in [-0.15, -0.1) is 0 Å². The Balaban J connectivity index is 2.85. The maximum Gasteiger partial charge on any atom is 0.259 e. The largest absolute Gasteiger partial charge is 0.292 e. The quantitative estimate of drug-likeness (QED) is 0.888. The summed E-state index contributed by atoms with van der Waals surface area (Å²) in [4.78, 5) is 22.9. The lowest BCUT2D eigenvalue weighted by molar-refractivity contribution is -0.122. The second-order valence-corrected chi connectivity index (χ2v) is 4.44. The zero-order chi connectivity index (χ0) is 12.3. The summed E-state index contributed by atoms with van der Waals surface area (Å²) in [5.41, 5.74) is 0.236. The number of carbonyl (C=O) groups is 2. The molecule has 1 aromatic carbocycles. The predicted octanol–water partition coefficient (Wildman–Crippen LogP) is 2.91. The average Bonchev–Trinajstić information content (AvgIpc) is 2.16. The van der Waals surface area contributed by atoms with Gasteiger partial charge in [0.15, 0.2) is 0 Å². The number of imide groups is 1. The molecule has 0 aliphatic rings. The third-order valence-corrected chi connectivity index (χ3v) is 2.48. The number of hydrogen-bond acceptors (Lipinski definition) is 2. The summed E-state index contributed by atoms with van der Waals surface area (Å²) < 4.78 is 0. The van der Waals surface area contributed by atoms with Crippen molar-refractivity contribution in [3.8, 4) is 0 Å². The number of amides is 2. The Morgan fingerprint density at radius 2 is 1.88 bits per heavy atom. The van der Waals surface area contributed by atoms with Crippen molar-refractivity contribution >= 4 is 35.0 Å². The van der Waals surface area contributed by atoms with Crippen molar-refractivity contribution in [2.45, 2.75) is 13.8 Å². The van der Waals surface area contributed by atoms with Gasteiger partial charge in [0.2, 0.25) is 5.91 Å². The van der Waals surface area contributed by atoms with Crippen LogP contribution in [0.3, 0.4) is 0 Å². The van der Waals surface area contributed by atoms with E-state index in [1.54, 1.807) is 19.9 Å². The highest BCUT2D eigenvalue weighted by Gasteiger charge is 2.15. The van der Waals surface area contributed by atoms with Crippen molar-refractivity contribution in [1.29, 1.82) is 0 Å². The molecule has 2 amide bonds. The van der Waals surface area contributed by atoms with Crippen LogP contribution in [0.4, 0.5) is 0 Å². The summed E-state index contributed by atoms with van der Waals surface area (Å²) in [6.45, 7) is 3.40. The van der Waals surface area contributed by atoms with E-state index in [0.717, 1.165) is 0 Å². The van der Waals surface area contributed by atoms with Gasteiger partial charge in [0, 0.05) is 10.9 Å². The maximum atomic E-state index is 11.6. The highest BCUT2D eigenvalue weighted by atomic mass is 35.5. The first-order chi connectivity index (χ1) is 7.41. The molecule has 1 N–H and O–H groups in total. The van der Waals surface area contributed by atoms with Gasteiger partial charge in [0.25, 0.3) is 5.91 Å². The summed E-state index contributed by atoms with van der Waals surface area (Å²) >= 11 is 11.5. The van der Waals surface area contributed by atoms with Crippen LogP contribution in [0.2, 0.25) is 10.0 Å². The van der Waals surface area contributed by atoms with Gasteiger partial charge in [0.1, 0.15) is 0 Å². The molecule has 3 nitrogen and oxygen atoms in total. The molecule has 1 aromatic rings. The smallest absolute Gasteiger partial charge is 0.259 e. The maximum absolute atomic E-state index is 11.6. The van der Waals surface area contributed by atoms with E-state index < -0.39 is 5.91 Å². The van der Waals surface area contributed by atoms with Crippen molar-refractivity contribution in [2.75, 3.05) is 0 Å². The fourth-order valence-corrected chi connectivity index (χ4v) is 1.49. The summed E-state index contributed by atoms with van der Waals surface area (Å²) in [6.07, 6.45) is 0. The van der Waals surface area contributed by atoms with E-state index in [-0.39, 0.29) is 22.4 Å². The minimum Gasteiger partial charge on any atom is -0.292 e. The second-order valence-electron chi connectivity index (χ2n) is 3.60. The lowest BCUT2D eigenvalue weighted by Crippen LogP contribution is -2.33. The fourth-order valence-electron chi connectivity index (χ4n) is 0.997. The van der Waals surface area contributed by atoms with Gasteiger partial charge < -0.3 is 0 Å². The lowest BCUT2D eigenvalue weighted by atomic mass is 10.1. The molecule has 0 radical (unpaired) electrons. The number of benzene rings is 1. The van der Waals surface area contributed by atoms with Crippen LogP contribution in [0.15, 0.2) is 18.2 Å². The molecule has 0 unspecified atom stereocenters. The van der Waals surface area contributed by atoms with E-state index in [2.05, 4.69) is 5.32 Å². The normalized spacial score (nSPS) is 10.3. The highest BCUT2D eigenvalue weighted by Crippen LogP contribution is 2.20. The second kappa shape index (κ2) is 5.32. The summed E-state index contributed by atoms with van der Waals surface area (Å²) in [5.74, 6) is -1.11. The third kappa shape index (κ3) is 3.22. The van der Waals surface area contributed by atoms with Gasteiger partial charge in [-0.25, -0.2) is 0 Å². The van der Waals surface area contributed by atoms with Crippen LogP contribution in [0.5, 0.6) is 0 Å². The predicted molar refractivity (Wildman–Crippen MR) is 63.8 cm³/mol. The first kappa shape index (κ1) is 13.0. The molecule has 5 heteroatoms. The van der Waals surface area contributed by atoms with E-state index in [4.69, 9.17) is 23.2 Å². The number of carbonyl (C=O) groups excluding carboxylic acids is 2. The zero-order valence-electron chi connectivity index (χ0n) is 8.88. The molecule has 0 saturated heterocycles. The number of hydrogen-bond donors (Lipinski definition) is 1. The Labute approximate surface area is 104 Å². The van der Waals surface area contributed by atoms with Crippen molar-refractivity contribution in [2.24, 2.45) is 5.92 Å². The van der Waals surface area contributed by atoms with Crippen LogP contribution in [0.1, 0.15) is 24.2 Å². The summed E-state index contributed by atoms with van der Waals surface area (Å²) in [5, 5.41) is 2.92. The molecule has 0 heterocycles. The molecular formula is C11H11Cl2NO2. The van der Waals surface area contributed by atoms with Crippen LogP contribution in [-0.4, -0.2) is 11.8 Å². The summed E-state index contributed by atoms with van der Waals surface area (Å²) in [6, 6.07) is 4.48. The minimum absolute atomic E-state index is 0.224. The molecule has 16 heavy (non-hydrogen) atoms. The standard InChI is InChI=1S/C11H11Cl2NO2/c1-6(2)10(15)14-11(16)8-4-3-7(12)5-9(8)13/h3-6H,1-2H3,(H,14,15,16). The van der Waals surface area contributed by atoms with E-state index in [0.29, 0.717) is 5.02 Å². The Bertz CT molecular complexity index is 430. The average molecular weight is 260 g/mol. The van der Waals surface area contributed by atoms with Crippen LogP contribution in [-0.2, 0) is 4.79 Å². The first-order valence-electron chi connectivity index (χ1n) is 4.72. The van der Waals surface area contributed by atoms with Crippen molar-refractivity contribution in [3.63, 3.8) is 0 Å². The Morgan fingerprint density at radius 1 is 1.25 bits per heavy atom. The molecule has 0 fully saturated rings. The van der Waals surface area contributed by atoms with Crippen LogP contribution >= 0.6 is 23.2 Å². The Morgan fingerprint density at radius 3 is 2.38 bits per heavy atom. The van der Waals surface area contributed by atoms with Crippen molar-refractivity contribution in [3.05, 3.63) is 33.8 Å². The van der Waals surface area contributed by atoms with Gasteiger partial charge in [-0.1, -0.05) is 37.0 Å². The molecule has 0 aromatic heterocycles. The Hall–Kier alpha value is -1.06. The number of rotatable bonds is 2. The minimum atomic E-state index is -0.514. The van der Waals surface area contributed by atoms with Gasteiger partial charge >= 0.3 is 0 Å². The van der Waals surface area contributed by atoms with E-state index in [1.165, 1.54) is 12.1 Å². The molecular weight excluding hydrogens is 249 g/mol. The van der Waals surface area contributed by atoms with Gasteiger partial charge in [-0.2, -0.15) is 0 Å². The third-order valence-electron chi connectivity index (χ3n) is 1.94. The van der Waals surface area contributed by atoms with Crippen LogP contribution < -0.4 is 5.32 Å². The van der Waals surface area contributed by atoms with Crippen molar-refractivity contribution < 1.29 is 9.59 Å². The number of halogens is 2. The van der Waals surface area contributed by atoms with Gasteiger partial charge in [-0.05, 0) is 18.2 Å². The first-order valence-corrected chi connectivity index (χ1v) is 5.47. The topological polar surface area (TPSA) is 46.2 Å². The molecule has 1 rings (SSSR count). The molecule has 0 atom stereocenters. The van der Waals surface area contributed by atoms with Gasteiger partial charge in [0.05, 0.1) is 10.6 Å². The van der Waals surface area contributed by atoms with Crippen molar-refractivity contribution in [1.82, 2.24) is 5.32 Å². The zero-order valence-corrected chi connectivity index (χ0v) is 10.4. The van der Waals surface area contributed by atoms with Crippen LogP contribution in [0, 0.1) is 5.92 Å². The molecule has 86 valence electrons. The van der Waals surface area contributed by atoms with E-state index in [9.17, 15) is 9.59 Å². The highest BCUT2D eigenvalue weighted by molar-refractivity contribution is 6.37. The van der Waals surface area contributed by atoms with E-state index in [1.807, 2.05) is 0 Å². The monoisotopic (exact) mass is 259 g/mol. The number of nitrogens with one attached hydrogen (secondary N) is 1. The summed E-state index contributed by atoms with van der Waals surface area (Å²) in [7, 11) is 0. The Kier molecular flexibility index (Phi) is 4.33. The SMILES string of the molecule is CC(C)C(=O)NC(=O)c1ccc(Cl)cc1Cl. The molecule has 0 bridgehead atoms. The molecule has 0 aliphatic heterocycles. The van der Waals surface area contributed by atoms with Crippen LogP contribution in [0.25, 0.3) is 0 Å². The van der Waals surface area contributed by atoms with Gasteiger partial charge in [-0.3, -0.25) is 14.9 Å². The fraction of sp³-hybridized carbons (Fsp3) is 0.273. The van der Waals surface area contributed by atoms with E-state index >= 15 is 0 Å². The lowest BCUT2D eigenvalue weighted by Gasteiger charge is -2.07. The molecule has 0 saturated carbocycles.